The molecule has 0 fully saturated rings. The Morgan fingerprint density at radius 1 is 0.230 bits per heavy atom. The molecule has 346 valence electrons. The van der Waals surface area contributed by atoms with E-state index in [0.717, 1.165) is 22.6 Å². The lowest BCUT2D eigenvalue weighted by molar-refractivity contribution is 0.776. The van der Waals surface area contributed by atoms with Crippen LogP contribution in [0.25, 0.3) is 88.0 Å². The van der Waals surface area contributed by atoms with Crippen LogP contribution in [0.3, 0.4) is 0 Å². The van der Waals surface area contributed by atoms with E-state index in [2.05, 4.69) is 302 Å². The fraction of sp³-hybridized carbons (Fsp3) is 0.0137. The highest BCUT2D eigenvalue weighted by Gasteiger charge is 2.47. The molecule has 0 radical (unpaired) electrons. The lowest BCUT2D eigenvalue weighted by Crippen LogP contribution is -2.29. The van der Waals surface area contributed by atoms with E-state index in [1.165, 1.54) is 105 Å². The van der Waals surface area contributed by atoms with E-state index in [-0.39, 0.29) is 0 Å². The summed E-state index contributed by atoms with van der Waals surface area (Å²) in [5, 5.41) is 7.45. The number of rotatable bonds is 9. The Morgan fingerprint density at radius 2 is 0.635 bits per heavy atom. The summed E-state index contributed by atoms with van der Waals surface area (Å²) < 4.78 is 0. The molecular formula is C73H49N. The van der Waals surface area contributed by atoms with Crippen LogP contribution in [0.15, 0.2) is 297 Å². The quantitative estimate of drug-likeness (QED) is 0.139. The number of nitrogens with zero attached hydrogens (tertiary/aromatic N) is 1. The fourth-order valence-corrected chi connectivity index (χ4v) is 12.3. The van der Waals surface area contributed by atoms with Gasteiger partial charge in [-0.3, -0.25) is 0 Å². The van der Waals surface area contributed by atoms with Gasteiger partial charge in [0.1, 0.15) is 0 Å². The third-order valence-electron chi connectivity index (χ3n) is 15.6. The van der Waals surface area contributed by atoms with E-state index in [1.807, 2.05) is 0 Å². The minimum absolute atomic E-state index is 0.623. The Labute approximate surface area is 432 Å². The molecule has 1 unspecified atom stereocenters. The van der Waals surface area contributed by atoms with Gasteiger partial charge < -0.3 is 4.90 Å². The molecular weight excluding hydrogens is 891 g/mol. The Hall–Kier alpha value is -9.56. The zero-order chi connectivity index (χ0) is 49.0. The molecule has 0 heterocycles. The van der Waals surface area contributed by atoms with Crippen molar-refractivity contribution in [3.63, 3.8) is 0 Å². The third-order valence-corrected chi connectivity index (χ3v) is 15.6. The summed E-state index contributed by atoms with van der Waals surface area (Å²) in [6.45, 7) is 0. The van der Waals surface area contributed by atoms with Crippen LogP contribution in [-0.2, 0) is 5.41 Å². The highest BCUT2D eigenvalue weighted by atomic mass is 15.1. The van der Waals surface area contributed by atoms with Gasteiger partial charge in [0, 0.05) is 16.9 Å². The van der Waals surface area contributed by atoms with Crippen molar-refractivity contribution < 1.29 is 0 Å². The Bertz CT molecular complexity index is 4090. The van der Waals surface area contributed by atoms with Crippen LogP contribution in [0.4, 0.5) is 17.1 Å². The number of hydrogen-bond acceptors (Lipinski definition) is 1. The average Bonchev–Trinajstić information content (AvgIpc) is 3.88. The molecule has 0 saturated carbocycles. The van der Waals surface area contributed by atoms with Crippen molar-refractivity contribution in [2.75, 3.05) is 4.90 Å². The molecule has 1 heteroatoms. The molecule has 0 aliphatic heterocycles. The molecule has 13 aromatic rings. The number of fused-ring (bicyclic) bond motifs is 6. The van der Waals surface area contributed by atoms with Gasteiger partial charge in [0.25, 0.3) is 0 Å². The zero-order valence-corrected chi connectivity index (χ0v) is 40.7. The maximum Gasteiger partial charge on any atom is 0.0719 e. The second-order valence-corrected chi connectivity index (χ2v) is 19.5. The summed E-state index contributed by atoms with van der Waals surface area (Å²) in [5.74, 6) is 0. The van der Waals surface area contributed by atoms with Gasteiger partial charge in [-0.25, -0.2) is 0 Å². The van der Waals surface area contributed by atoms with Crippen LogP contribution in [0.5, 0.6) is 0 Å². The summed E-state index contributed by atoms with van der Waals surface area (Å²) in [4.78, 5) is 2.45. The topological polar surface area (TPSA) is 3.24 Å². The maximum atomic E-state index is 2.45. The number of anilines is 3. The number of benzene rings is 13. The summed E-state index contributed by atoms with van der Waals surface area (Å²) in [6.07, 6.45) is 0. The van der Waals surface area contributed by atoms with Crippen molar-refractivity contribution in [2.45, 2.75) is 5.41 Å². The number of hydrogen-bond donors (Lipinski definition) is 0. The minimum Gasteiger partial charge on any atom is -0.310 e. The van der Waals surface area contributed by atoms with Crippen molar-refractivity contribution in [3.05, 3.63) is 320 Å². The average molecular weight is 940 g/mol. The second-order valence-electron chi connectivity index (χ2n) is 19.5. The van der Waals surface area contributed by atoms with Gasteiger partial charge in [-0.15, -0.1) is 0 Å². The van der Waals surface area contributed by atoms with Crippen LogP contribution in [0.2, 0.25) is 0 Å². The Kier molecular flexibility index (Phi) is 10.5. The summed E-state index contributed by atoms with van der Waals surface area (Å²) in [5.41, 5.74) is 19.8. The van der Waals surface area contributed by atoms with E-state index in [1.54, 1.807) is 0 Å². The SMILES string of the molecule is c1ccc(-c2ccc(C3(c4cccc5ccccc45)c4ccccc4-c4c(-c5ccccc5N(c5ccc(-c6cccc7ccccc67)cc5)c5ccc(-c6cccc7ccccc67)cc5)cccc43)cc2)cc1. The van der Waals surface area contributed by atoms with Gasteiger partial charge in [-0.05, 0) is 135 Å². The molecule has 14 rings (SSSR count). The van der Waals surface area contributed by atoms with E-state index in [4.69, 9.17) is 0 Å². The standard InChI is InChI=1S/C73H49N/c1-2-18-50(19-3-1)51-38-44-57(45-39-51)73(68-35-16-25-54-22-6-9-28-64(54)68)69-34-12-10-30-67(69)72-66(33-17-36-70(72)73)65-29-11-13-37-71(65)74(58-46-40-55(41-47-58)62-31-14-23-52-20-4-7-26-60(52)62)59-48-42-56(43-49-59)63-32-15-24-53-21-5-8-27-61(53)63/h1-49H. The largest absolute Gasteiger partial charge is 0.310 e. The summed E-state index contributed by atoms with van der Waals surface area (Å²) in [6, 6.07) is 110. The molecule has 1 aliphatic rings. The monoisotopic (exact) mass is 939 g/mol. The lowest BCUT2D eigenvalue weighted by Gasteiger charge is -2.35. The molecule has 1 aliphatic carbocycles. The van der Waals surface area contributed by atoms with Crippen molar-refractivity contribution >= 4 is 49.4 Å². The zero-order valence-electron chi connectivity index (χ0n) is 40.7. The minimum atomic E-state index is -0.623. The van der Waals surface area contributed by atoms with E-state index in [0.29, 0.717) is 0 Å². The molecule has 0 spiro atoms. The van der Waals surface area contributed by atoms with Crippen LogP contribution in [0.1, 0.15) is 22.3 Å². The maximum absolute atomic E-state index is 2.45. The van der Waals surface area contributed by atoms with Gasteiger partial charge in [0.2, 0.25) is 0 Å². The molecule has 0 amide bonds. The third kappa shape index (κ3) is 7.00. The van der Waals surface area contributed by atoms with Crippen molar-refractivity contribution in [1.29, 1.82) is 0 Å². The highest BCUT2D eigenvalue weighted by Crippen LogP contribution is 2.60. The molecule has 1 nitrogen and oxygen atoms in total. The van der Waals surface area contributed by atoms with Crippen molar-refractivity contribution in [1.82, 2.24) is 0 Å². The Balaban J connectivity index is 0.981. The van der Waals surface area contributed by atoms with Gasteiger partial charge in [-0.1, -0.05) is 267 Å². The molecule has 1 atom stereocenters. The summed E-state index contributed by atoms with van der Waals surface area (Å²) >= 11 is 0. The highest BCUT2D eigenvalue weighted by molar-refractivity contribution is 6.03. The van der Waals surface area contributed by atoms with Gasteiger partial charge in [0.05, 0.1) is 11.1 Å². The van der Waals surface area contributed by atoms with Crippen LogP contribution in [0, 0.1) is 0 Å². The van der Waals surface area contributed by atoms with E-state index in [9.17, 15) is 0 Å². The molecule has 0 aromatic heterocycles. The van der Waals surface area contributed by atoms with E-state index >= 15 is 0 Å². The molecule has 0 bridgehead atoms. The van der Waals surface area contributed by atoms with Crippen LogP contribution >= 0.6 is 0 Å². The van der Waals surface area contributed by atoms with Gasteiger partial charge in [0.15, 0.2) is 0 Å². The normalized spacial score (nSPS) is 13.7. The predicted molar refractivity (Wildman–Crippen MR) is 313 cm³/mol. The van der Waals surface area contributed by atoms with Gasteiger partial charge in [-0.2, -0.15) is 0 Å². The Morgan fingerprint density at radius 3 is 1.27 bits per heavy atom. The molecule has 0 N–H and O–H groups in total. The van der Waals surface area contributed by atoms with Crippen molar-refractivity contribution in [2.24, 2.45) is 0 Å². The van der Waals surface area contributed by atoms with Gasteiger partial charge >= 0.3 is 0 Å². The number of para-hydroxylation sites is 1. The fourth-order valence-electron chi connectivity index (χ4n) is 12.3. The first kappa shape index (κ1) is 43.2. The predicted octanol–water partition coefficient (Wildman–Crippen LogP) is 19.6. The smallest absolute Gasteiger partial charge is 0.0719 e. The lowest BCUT2D eigenvalue weighted by atomic mass is 9.66. The molecule has 13 aromatic carbocycles. The van der Waals surface area contributed by atoms with Crippen molar-refractivity contribution in [3.8, 4) is 55.6 Å². The summed E-state index contributed by atoms with van der Waals surface area (Å²) in [7, 11) is 0. The first-order valence-electron chi connectivity index (χ1n) is 25.7. The second kappa shape index (κ2) is 17.9. The first-order chi connectivity index (χ1) is 36.7. The molecule has 0 saturated heterocycles. The van der Waals surface area contributed by atoms with Crippen LogP contribution in [-0.4, -0.2) is 0 Å². The van der Waals surface area contributed by atoms with Crippen LogP contribution < -0.4 is 4.90 Å². The molecule has 74 heavy (non-hydrogen) atoms. The van der Waals surface area contributed by atoms with E-state index < -0.39 is 5.41 Å². The first-order valence-corrected chi connectivity index (χ1v) is 25.7.